The van der Waals surface area contributed by atoms with E-state index in [9.17, 15) is 0 Å². The Labute approximate surface area is 291 Å². The van der Waals surface area contributed by atoms with Crippen molar-refractivity contribution in [3.8, 4) is 22.5 Å². The molecule has 7 nitrogen and oxygen atoms in total. The summed E-state index contributed by atoms with van der Waals surface area (Å²) in [5, 5.41) is 13.8. The number of hydrogen-bond acceptors (Lipinski definition) is 5. The molecule has 0 spiro atoms. The Hall–Kier alpha value is -6.21. The van der Waals surface area contributed by atoms with Gasteiger partial charge >= 0.3 is 0 Å². The lowest BCUT2D eigenvalue weighted by Gasteiger charge is -2.36. The van der Waals surface area contributed by atoms with Crippen LogP contribution in [0.3, 0.4) is 0 Å². The Balaban J connectivity index is 1.24. The molecule has 0 saturated carbocycles. The summed E-state index contributed by atoms with van der Waals surface area (Å²) in [6, 6.07) is 50.8. The lowest BCUT2D eigenvalue weighted by molar-refractivity contribution is 0.451. The molecular formula is C43H37N7. The zero-order chi connectivity index (χ0) is 34.1. The second kappa shape index (κ2) is 13.0. The molecule has 0 atom stereocenters. The summed E-state index contributed by atoms with van der Waals surface area (Å²) in [5.41, 5.74) is 10.7. The molecule has 0 saturated heterocycles. The van der Waals surface area contributed by atoms with Gasteiger partial charge in [0.05, 0.1) is 6.54 Å². The first-order chi connectivity index (χ1) is 24.6. The lowest BCUT2D eigenvalue weighted by Crippen LogP contribution is -2.39. The molecule has 0 aliphatic heterocycles. The predicted octanol–water partition coefficient (Wildman–Crippen LogP) is 8.82. The van der Waals surface area contributed by atoms with Gasteiger partial charge in [0.2, 0.25) is 0 Å². The molecule has 0 bridgehead atoms. The number of aryl methyl sites for hydroxylation is 3. The fraction of sp³-hybridized carbons (Fsp3) is 0.140. The average molecular weight is 652 g/mol. The van der Waals surface area contributed by atoms with Crippen LogP contribution >= 0.6 is 0 Å². The van der Waals surface area contributed by atoms with Gasteiger partial charge in [0, 0.05) is 17.7 Å². The summed E-state index contributed by atoms with van der Waals surface area (Å²) >= 11 is 0. The van der Waals surface area contributed by atoms with Gasteiger partial charge < -0.3 is 4.57 Å². The molecule has 0 aliphatic carbocycles. The van der Waals surface area contributed by atoms with Crippen LogP contribution in [0.2, 0.25) is 0 Å². The normalized spacial score (nSPS) is 11.7. The first kappa shape index (κ1) is 31.1. The highest BCUT2D eigenvalue weighted by atomic mass is 15.6. The molecule has 0 radical (unpaired) electrons. The SMILES string of the molecule is CCc1nc2c(C)cc(C)nc2n1Cc1ccc(-c2ccccc2-c2nnnn2C(c2ccccc2)(c2ccccc2)c2ccccc2)cc1. The highest BCUT2D eigenvalue weighted by Gasteiger charge is 2.42. The monoisotopic (exact) mass is 651 g/mol. The third kappa shape index (κ3) is 5.28. The minimum Gasteiger partial charge on any atom is -0.308 e. The van der Waals surface area contributed by atoms with Crippen LogP contribution < -0.4 is 0 Å². The van der Waals surface area contributed by atoms with Crippen LogP contribution in [-0.2, 0) is 18.5 Å². The van der Waals surface area contributed by atoms with Crippen molar-refractivity contribution < 1.29 is 0 Å². The number of nitrogens with zero attached hydrogens (tertiary/aromatic N) is 7. The van der Waals surface area contributed by atoms with Gasteiger partial charge in [-0.05, 0) is 69.3 Å². The van der Waals surface area contributed by atoms with Crippen molar-refractivity contribution >= 4 is 11.2 Å². The van der Waals surface area contributed by atoms with Crippen molar-refractivity contribution in [1.29, 1.82) is 0 Å². The molecule has 5 aromatic carbocycles. The van der Waals surface area contributed by atoms with Gasteiger partial charge in [-0.2, -0.15) is 0 Å². The third-order valence-corrected chi connectivity index (χ3v) is 9.55. The molecular weight excluding hydrogens is 615 g/mol. The minimum atomic E-state index is -0.838. The highest BCUT2D eigenvalue weighted by Crippen LogP contribution is 2.43. The van der Waals surface area contributed by atoms with Crippen LogP contribution in [-0.4, -0.2) is 34.7 Å². The van der Waals surface area contributed by atoms with E-state index in [-0.39, 0.29) is 0 Å². The fourth-order valence-electron chi connectivity index (χ4n) is 7.27. The van der Waals surface area contributed by atoms with E-state index in [4.69, 9.17) is 20.3 Å². The van der Waals surface area contributed by atoms with Crippen LogP contribution in [0.25, 0.3) is 33.7 Å². The van der Waals surface area contributed by atoms with E-state index in [0.29, 0.717) is 12.4 Å². The number of tetrazole rings is 1. The van der Waals surface area contributed by atoms with Crippen molar-refractivity contribution in [2.24, 2.45) is 0 Å². The molecule has 0 amide bonds. The summed E-state index contributed by atoms with van der Waals surface area (Å²) in [6.07, 6.45) is 0.839. The largest absolute Gasteiger partial charge is 0.308 e. The zero-order valence-electron chi connectivity index (χ0n) is 28.4. The summed E-state index contributed by atoms with van der Waals surface area (Å²) in [4.78, 5) is 9.83. The van der Waals surface area contributed by atoms with Crippen molar-refractivity contribution in [2.45, 2.75) is 39.3 Å². The maximum atomic E-state index is 4.95. The number of benzene rings is 5. The van der Waals surface area contributed by atoms with Gasteiger partial charge in [0.15, 0.2) is 11.5 Å². The predicted molar refractivity (Wildman–Crippen MR) is 199 cm³/mol. The lowest BCUT2D eigenvalue weighted by atomic mass is 9.77. The maximum Gasteiger partial charge on any atom is 0.184 e. The van der Waals surface area contributed by atoms with E-state index in [1.807, 2.05) is 29.8 Å². The second-order valence-electron chi connectivity index (χ2n) is 12.7. The molecule has 8 aromatic rings. The maximum absolute atomic E-state index is 4.95. The zero-order valence-corrected chi connectivity index (χ0v) is 28.4. The Morgan fingerprint density at radius 2 is 1.18 bits per heavy atom. The van der Waals surface area contributed by atoms with Gasteiger partial charge in [0.25, 0.3) is 0 Å². The average Bonchev–Trinajstić information content (AvgIpc) is 3.79. The van der Waals surface area contributed by atoms with Gasteiger partial charge in [-0.3, -0.25) is 0 Å². The Kier molecular flexibility index (Phi) is 8.09. The van der Waals surface area contributed by atoms with Crippen LogP contribution in [0.5, 0.6) is 0 Å². The first-order valence-corrected chi connectivity index (χ1v) is 17.1. The summed E-state index contributed by atoms with van der Waals surface area (Å²) in [7, 11) is 0. The van der Waals surface area contributed by atoms with Crippen LogP contribution in [0.1, 0.15) is 46.3 Å². The number of hydrogen-bond donors (Lipinski definition) is 0. The van der Waals surface area contributed by atoms with Gasteiger partial charge in [-0.1, -0.05) is 146 Å². The fourth-order valence-corrected chi connectivity index (χ4v) is 7.27. The van der Waals surface area contributed by atoms with Crippen molar-refractivity contribution in [2.75, 3.05) is 0 Å². The summed E-state index contributed by atoms with van der Waals surface area (Å²) in [6.45, 7) is 7.00. The quantitative estimate of drug-likeness (QED) is 0.146. The summed E-state index contributed by atoms with van der Waals surface area (Å²) < 4.78 is 4.25. The van der Waals surface area contributed by atoms with Crippen LogP contribution in [0.15, 0.2) is 146 Å². The van der Waals surface area contributed by atoms with Gasteiger partial charge in [-0.15, -0.1) is 5.10 Å². The van der Waals surface area contributed by atoms with E-state index in [2.05, 4.69) is 151 Å². The van der Waals surface area contributed by atoms with Crippen molar-refractivity contribution in [3.63, 3.8) is 0 Å². The number of rotatable bonds is 9. The Bertz CT molecular complexity index is 2300. The van der Waals surface area contributed by atoms with Crippen LogP contribution in [0.4, 0.5) is 0 Å². The van der Waals surface area contributed by atoms with E-state index in [0.717, 1.165) is 68.0 Å². The molecule has 0 N–H and O–H groups in total. The molecule has 0 unspecified atom stereocenters. The van der Waals surface area contributed by atoms with E-state index >= 15 is 0 Å². The van der Waals surface area contributed by atoms with E-state index in [1.54, 1.807) is 0 Å². The molecule has 0 aliphatic rings. The van der Waals surface area contributed by atoms with Crippen LogP contribution in [0, 0.1) is 13.8 Å². The standard InChI is InChI=1S/C43H37N7/c1-4-39-45-40-30(2)28-31(3)44-42(40)49(39)29-32-24-26-33(27-25-32)37-22-14-15-23-38(37)41-46-47-48-50(41)43(34-16-8-5-9-17-34,35-18-10-6-11-19-35)36-20-12-7-13-21-36/h5-28H,4,29H2,1-3H3. The van der Waals surface area contributed by atoms with Crippen molar-refractivity contribution in [3.05, 3.63) is 185 Å². The van der Waals surface area contributed by atoms with E-state index < -0.39 is 5.54 Å². The Morgan fingerprint density at radius 3 is 1.76 bits per heavy atom. The molecule has 3 heterocycles. The molecule has 3 aromatic heterocycles. The molecule has 7 heteroatoms. The third-order valence-electron chi connectivity index (χ3n) is 9.55. The van der Waals surface area contributed by atoms with E-state index in [1.165, 1.54) is 5.56 Å². The van der Waals surface area contributed by atoms with Crippen molar-refractivity contribution in [1.82, 2.24) is 34.7 Å². The summed E-state index contributed by atoms with van der Waals surface area (Å²) in [5.74, 6) is 1.72. The minimum absolute atomic E-state index is 0.676. The smallest absolute Gasteiger partial charge is 0.184 e. The molecule has 50 heavy (non-hydrogen) atoms. The molecule has 0 fully saturated rings. The van der Waals surface area contributed by atoms with Gasteiger partial charge in [0.1, 0.15) is 16.9 Å². The first-order valence-electron chi connectivity index (χ1n) is 17.1. The Morgan fingerprint density at radius 1 is 0.620 bits per heavy atom. The molecule has 8 rings (SSSR count). The number of pyridine rings is 1. The van der Waals surface area contributed by atoms with Gasteiger partial charge in [-0.25, -0.2) is 14.6 Å². The highest BCUT2D eigenvalue weighted by molar-refractivity contribution is 5.81. The molecule has 244 valence electrons. The number of imidazole rings is 1. The second-order valence-corrected chi connectivity index (χ2v) is 12.7. The number of fused-ring (bicyclic) bond motifs is 1. The topological polar surface area (TPSA) is 74.3 Å². The number of aromatic nitrogens is 7.